The van der Waals surface area contributed by atoms with E-state index in [1.165, 1.54) is 21.7 Å². The van der Waals surface area contributed by atoms with Crippen molar-refractivity contribution in [2.24, 2.45) is 0 Å². The Kier molecular flexibility index (Phi) is 5.00. The Bertz CT molecular complexity index is 523. The van der Waals surface area contributed by atoms with Gasteiger partial charge < -0.3 is 5.32 Å². The van der Waals surface area contributed by atoms with Crippen molar-refractivity contribution in [3.05, 3.63) is 59.4 Å². The van der Waals surface area contributed by atoms with Crippen molar-refractivity contribution >= 4 is 11.8 Å². The summed E-state index contributed by atoms with van der Waals surface area (Å²) >= 11 is 1.83. The molecule has 0 aliphatic carbocycles. The van der Waals surface area contributed by atoms with Gasteiger partial charge in [-0.3, -0.25) is 4.98 Å². The van der Waals surface area contributed by atoms with Crippen molar-refractivity contribution < 1.29 is 0 Å². The molecule has 0 saturated heterocycles. The number of thioether (sulfide) groups is 1. The van der Waals surface area contributed by atoms with Gasteiger partial charge in [0, 0.05) is 22.9 Å². The van der Waals surface area contributed by atoms with Gasteiger partial charge in [-0.2, -0.15) is 0 Å². The van der Waals surface area contributed by atoms with Crippen LogP contribution in [0.25, 0.3) is 0 Å². The van der Waals surface area contributed by atoms with Crippen molar-refractivity contribution in [1.82, 2.24) is 10.3 Å². The molecule has 2 nitrogen and oxygen atoms in total. The van der Waals surface area contributed by atoms with Crippen molar-refractivity contribution in [2.45, 2.75) is 30.5 Å². The maximum Gasteiger partial charge on any atom is 0.0535 e. The zero-order chi connectivity index (χ0) is 13.7. The smallest absolute Gasteiger partial charge is 0.0535 e. The number of hydrogen-bond donors (Lipinski definition) is 1. The molecule has 3 heteroatoms. The van der Waals surface area contributed by atoms with Crippen LogP contribution in [0.1, 0.15) is 29.8 Å². The van der Waals surface area contributed by atoms with Gasteiger partial charge in [-0.15, -0.1) is 11.8 Å². The van der Waals surface area contributed by atoms with E-state index in [0.717, 1.165) is 5.75 Å². The summed E-state index contributed by atoms with van der Waals surface area (Å²) in [6, 6.07) is 13.2. The molecular weight excluding hydrogens is 252 g/mol. The van der Waals surface area contributed by atoms with Crippen LogP contribution < -0.4 is 5.32 Å². The minimum atomic E-state index is 0.400. The minimum absolute atomic E-state index is 0.400. The second-order valence-electron chi connectivity index (χ2n) is 4.64. The second kappa shape index (κ2) is 6.73. The van der Waals surface area contributed by atoms with Crippen LogP contribution in [0, 0.1) is 6.92 Å². The Morgan fingerprint density at radius 1 is 1.21 bits per heavy atom. The predicted molar refractivity (Wildman–Crippen MR) is 82.5 cm³/mol. The highest BCUT2D eigenvalue weighted by Gasteiger charge is 2.03. The molecule has 19 heavy (non-hydrogen) atoms. The monoisotopic (exact) mass is 272 g/mol. The van der Waals surface area contributed by atoms with E-state index in [1.54, 1.807) is 0 Å². The lowest BCUT2D eigenvalue weighted by Gasteiger charge is -2.11. The Morgan fingerprint density at radius 3 is 2.58 bits per heavy atom. The van der Waals surface area contributed by atoms with Crippen LogP contribution in [-0.2, 0) is 5.75 Å². The first-order chi connectivity index (χ1) is 9.20. The summed E-state index contributed by atoms with van der Waals surface area (Å²) in [5.41, 5.74) is 3.75. The van der Waals surface area contributed by atoms with Crippen molar-refractivity contribution in [2.75, 3.05) is 7.05 Å². The highest BCUT2D eigenvalue weighted by Crippen LogP contribution is 2.24. The van der Waals surface area contributed by atoms with E-state index in [9.17, 15) is 0 Å². The molecule has 0 spiro atoms. The van der Waals surface area contributed by atoms with E-state index >= 15 is 0 Å². The minimum Gasteiger partial charge on any atom is -0.313 e. The lowest BCUT2D eigenvalue weighted by Crippen LogP contribution is -2.11. The van der Waals surface area contributed by atoms with Gasteiger partial charge in [0.25, 0.3) is 0 Å². The van der Waals surface area contributed by atoms with E-state index in [-0.39, 0.29) is 0 Å². The molecule has 0 bridgehead atoms. The number of aromatic nitrogens is 1. The summed E-state index contributed by atoms with van der Waals surface area (Å²) in [5, 5.41) is 3.25. The summed E-state index contributed by atoms with van der Waals surface area (Å²) in [6.07, 6.45) is 1.86. The summed E-state index contributed by atoms with van der Waals surface area (Å²) in [7, 11) is 1.98. The summed E-state index contributed by atoms with van der Waals surface area (Å²) in [4.78, 5) is 5.71. The Balaban J connectivity index is 1.99. The first-order valence-electron chi connectivity index (χ1n) is 6.51. The van der Waals surface area contributed by atoms with Gasteiger partial charge in [0.2, 0.25) is 0 Å². The van der Waals surface area contributed by atoms with E-state index < -0.39 is 0 Å². The van der Waals surface area contributed by atoms with E-state index in [4.69, 9.17) is 0 Å². The van der Waals surface area contributed by atoms with Crippen molar-refractivity contribution in [3.63, 3.8) is 0 Å². The van der Waals surface area contributed by atoms with Crippen LogP contribution in [0.15, 0.2) is 47.5 Å². The third kappa shape index (κ3) is 3.82. The molecular formula is C16H20N2S. The zero-order valence-electron chi connectivity index (χ0n) is 11.7. The number of hydrogen-bond acceptors (Lipinski definition) is 3. The molecule has 1 atom stereocenters. The highest BCUT2D eigenvalue weighted by molar-refractivity contribution is 7.98. The summed E-state index contributed by atoms with van der Waals surface area (Å²) < 4.78 is 0. The molecule has 0 aliphatic heterocycles. The Hall–Kier alpha value is -1.32. The molecule has 100 valence electrons. The van der Waals surface area contributed by atoms with Gasteiger partial charge in [-0.05, 0) is 50.2 Å². The Morgan fingerprint density at radius 2 is 1.95 bits per heavy atom. The normalized spacial score (nSPS) is 12.4. The molecule has 2 aromatic rings. The number of nitrogens with zero attached hydrogens (tertiary/aromatic N) is 1. The van der Waals surface area contributed by atoms with Crippen LogP contribution in [0.5, 0.6) is 0 Å². The third-order valence-electron chi connectivity index (χ3n) is 3.31. The largest absolute Gasteiger partial charge is 0.313 e. The van der Waals surface area contributed by atoms with Gasteiger partial charge >= 0.3 is 0 Å². The van der Waals surface area contributed by atoms with Gasteiger partial charge in [-0.1, -0.05) is 18.2 Å². The van der Waals surface area contributed by atoms with Crippen LogP contribution >= 0.6 is 11.8 Å². The SMILES string of the molecule is CNC(C)c1ccc(SCc2ncccc2C)cc1. The van der Waals surface area contributed by atoms with Gasteiger partial charge in [0.1, 0.15) is 0 Å². The number of nitrogens with one attached hydrogen (secondary N) is 1. The lowest BCUT2D eigenvalue weighted by molar-refractivity contribution is 0.652. The molecule has 1 N–H and O–H groups in total. The first kappa shape index (κ1) is 14.1. The second-order valence-corrected chi connectivity index (χ2v) is 5.68. The first-order valence-corrected chi connectivity index (χ1v) is 7.50. The van der Waals surface area contributed by atoms with E-state index in [2.05, 4.69) is 54.5 Å². The maximum atomic E-state index is 4.42. The highest BCUT2D eigenvalue weighted by atomic mass is 32.2. The fraction of sp³-hybridized carbons (Fsp3) is 0.312. The van der Waals surface area contributed by atoms with Gasteiger partial charge in [-0.25, -0.2) is 0 Å². The van der Waals surface area contributed by atoms with Gasteiger partial charge in [0.05, 0.1) is 5.69 Å². The number of pyridine rings is 1. The number of rotatable bonds is 5. The maximum absolute atomic E-state index is 4.42. The van der Waals surface area contributed by atoms with Gasteiger partial charge in [0.15, 0.2) is 0 Å². The quantitative estimate of drug-likeness (QED) is 0.834. The van der Waals surface area contributed by atoms with Crippen molar-refractivity contribution in [1.29, 1.82) is 0 Å². The van der Waals surface area contributed by atoms with Crippen LogP contribution in [0.4, 0.5) is 0 Å². The van der Waals surface area contributed by atoms with Crippen molar-refractivity contribution in [3.8, 4) is 0 Å². The zero-order valence-corrected chi connectivity index (χ0v) is 12.5. The van der Waals surface area contributed by atoms with Crippen LogP contribution in [0.2, 0.25) is 0 Å². The Labute approximate surface area is 119 Å². The fourth-order valence-electron chi connectivity index (χ4n) is 1.84. The standard InChI is InChI=1S/C16H20N2S/c1-12-5-4-10-18-16(12)11-19-15-8-6-14(7-9-15)13(2)17-3/h4-10,13,17H,11H2,1-3H3. The molecule has 0 radical (unpaired) electrons. The van der Waals surface area contributed by atoms with Crippen LogP contribution in [-0.4, -0.2) is 12.0 Å². The lowest BCUT2D eigenvalue weighted by atomic mass is 10.1. The van der Waals surface area contributed by atoms with E-state index in [1.807, 2.05) is 31.1 Å². The molecule has 1 aromatic heterocycles. The molecule has 0 amide bonds. The van der Waals surface area contributed by atoms with Crippen LogP contribution in [0.3, 0.4) is 0 Å². The molecule has 1 heterocycles. The molecule has 1 aromatic carbocycles. The molecule has 1 unspecified atom stereocenters. The summed E-state index contributed by atoms with van der Waals surface area (Å²) in [6.45, 7) is 4.28. The average molecular weight is 272 g/mol. The average Bonchev–Trinajstić information content (AvgIpc) is 2.46. The molecule has 0 saturated carbocycles. The molecule has 0 aliphatic rings. The number of benzene rings is 1. The number of aryl methyl sites for hydroxylation is 1. The van der Waals surface area contributed by atoms with E-state index in [0.29, 0.717) is 6.04 Å². The fourth-order valence-corrected chi connectivity index (χ4v) is 2.77. The third-order valence-corrected chi connectivity index (χ3v) is 4.33. The molecule has 2 rings (SSSR count). The topological polar surface area (TPSA) is 24.9 Å². The predicted octanol–water partition coefficient (Wildman–Crippen LogP) is 3.96. The summed E-state index contributed by atoms with van der Waals surface area (Å²) in [5.74, 6) is 0.924. The molecule has 0 fully saturated rings.